The SMILES string of the molecule is O=C(CNc1cccc2ccccc12)N/N=C\c1cccc(OCc2ccc(Cl)cc2Cl)c1. The first-order valence-corrected chi connectivity index (χ1v) is 11.0. The van der Waals surface area contributed by atoms with Crippen LogP contribution in [0.3, 0.4) is 0 Å². The Bertz CT molecular complexity index is 1300. The molecule has 0 spiro atoms. The molecule has 0 aliphatic rings. The molecule has 0 aromatic heterocycles. The van der Waals surface area contributed by atoms with E-state index in [0.717, 1.165) is 27.6 Å². The third-order valence-electron chi connectivity index (χ3n) is 4.90. The maximum atomic E-state index is 12.2. The number of benzene rings is 4. The number of anilines is 1. The number of halogens is 2. The predicted octanol–water partition coefficient (Wildman–Crippen LogP) is 6.29. The summed E-state index contributed by atoms with van der Waals surface area (Å²) in [7, 11) is 0. The van der Waals surface area contributed by atoms with Crippen LogP contribution in [0.4, 0.5) is 5.69 Å². The molecule has 166 valence electrons. The largest absolute Gasteiger partial charge is 0.489 e. The van der Waals surface area contributed by atoms with Crippen LogP contribution in [0.25, 0.3) is 10.8 Å². The molecular formula is C26H21Cl2N3O2. The summed E-state index contributed by atoms with van der Waals surface area (Å²) in [5.41, 5.74) is 5.07. The number of fused-ring (bicyclic) bond motifs is 1. The average molecular weight is 478 g/mol. The second-order valence-corrected chi connectivity index (χ2v) is 8.11. The van der Waals surface area contributed by atoms with Gasteiger partial charge in [-0.25, -0.2) is 5.43 Å². The van der Waals surface area contributed by atoms with E-state index in [-0.39, 0.29) is 12.5 Å². The molecule has 0 heterocycles. The summed E-state index contributed by atoms with van der Waals surface area (Å²) in [6.07, 6.45) is 1.57. The van der Waals surface area contributed by atoms with Crippen molar-refractivity contribution in [3.63, 3.8) is 0 Å². The fraction of sp³-hybridized carbons (Fsp3) is 0.0769. The summed E-state index contributed by atoms with van der Waals surface area (Å²) >= 11 is 12.1. The van der Waals surface area contributed by atoms with Gasteiger partial charge in [0, 0.05) is 26.7 Å². The van der Waals surface area contributed by atoms with E-state index in [0.29, 0.717) is 22.4 Å². The molecule has 2 N–H and O–H groups in total. The van der Waals surface area contributed by atoms with Crippen molar-refractivity contribution in [2.75, 3.05) is 11.9 Å². The van der Waals surface area contributed by atoms with E-state index < -0.39 is 0 Å². The van der Waals surface area contributed by atoms with Crippen LogP contribution >= 0.6 is 23.2 Å². The van der Waals surface area contributed by atoms with Gasteiger partial charge in [-0.15, -0.1) is 0 Å². The monoisotopic (exact) mass is 477 g/mol. The molecule has 1 amide bonds. The molecule has 4 aromatic carbocycles. The zero-order chi connectivity index (χ0) is 23.0. The van der Waals surface area contributed by atoms with Gasteiger partial charge in [-0.1, -0.05) is 77.8 Å². The fourth-order valence-electron chi connectivity index (χ4n) is 3.26. The lowest BCUT2D eigenvalue weighted by Gasteiger charge is -2.09. The highest BCUT2D eigenvalue weighted by Gasteiger charge is 2.04. The van der Waals surface area contributed by atoms with Gasteiger partial charge in [0.1, 0.15) is 12.4 Å². The Balaban J connectivity index is 1.29. The van der Waals surface area contributed by atoms with E-state index in [1.807, 2.05) is 72.8 Å². The molecule has 0 unspecified atom stereocenters. The highest BCUT2D eigenvalue weighted by Crippen LogP contribution is 2.24. The normalized spacial score (nSPS) is 11.0. The number of ether oxygens (including phenoxy) is 1. The maximum absolute atomic E-state index is 12.2. The number of hydrogen-bond donors (Lipinski definition) is 2. The molecule has 7 heteroatoms. The Morgan fingerprint density at radius 3 is 2.64 bits per heavy atom. The van der Waals surface area contributed by atoms with E-state index in [1.165, 1.54) is 0 Å². The van der Waals surface area contributed by atoms with Gasteiger partial charge >= 0.3 is 0 Å². The molecule has 0 aliphatic carbocycles. The van der Waals surface area contributed by atoms with E-state index in [9.17, 15) is 4.79 Å². The Morgan fingerprint density at radius 2 is 1.76 bits per heavy atom. The van der Waals surface area contributed by atoms with Crippen LogP contribution in [0.5, 0.6) is 5.75 Å². The molecular weight excluding hydrogens is 457 g/mol. The van der Waals surface area contributed by atoms with Crippen LogP contribution in [0.15, 0.2) is 90.0 Å². The minimum atomic E-state index is -0.246. The first kappa shape index (κ1) is 22.6. The van der Waals surface area contributed by atoms with Crippen molar-refractivity contribution in [1.82, 2.24) is 5.43 Å². The van der Waals surface area contributed by atoms with Gasteiger partial charge in [0.25, 0.3) is 5.91 Å². The lowest BCUT2D eigenvalue weighted by atomic mass is 10.1. The highest BCUT2D eigenvalue weighted by atomic mass is 35.5. The highest BCUT2D eigenvalue weighted by molar-refractivity contribution is 6.35. The lowest BCUT2D eigenvalue weighted by molar-refractivity contribution is -0.119. The summed E-state index contributed by atoms with van der Waals surface area (Å²) < 4.78 is 5.82. The third kappa shape index (κ3) is 6.25. The lowest BCUT2D eigenvalue weighted by Crippen LogP contribution is -2.25. The average Bonchev–Trinajstić information content (AvgIpc) is 2.82. The van der Waals surface area contributed by atoms with Gasteiger partial charge in [-0.05, 0) is 41.3 Å². The van der Waals surface area contributed by atoms with Crippen molar-refractivity contribution in [1.29, 1.82) is 0 Å². The number of nitrogens with one attached hydrogen (secondary N) is 2. The Hall–Kier alpha value is -3.54. The fourth-order valence-corrected chi connectivity index (χ4v) is 3.72. The summed E-state index contributed by atoms with van der Waals surface area (Å²) in [6.45, 7) is 0.420. The summed E-state index contributed by atoms with van der Waals surface area (Å²) in [5.74, 6) is 0.415. The number of carbonyl (C=O) groups is 1. The minimum absolute atomic E-state index is 0.107. The molecule has 0 saturated heterocycles. The van der Waals surface area contributed by atoms with Crippen LogP contribution in [-0.4, -0.2) is 18.7 Å². The molecule has 33 heavy (non-hydrogen) atoms. The van der Waals surface area contributed by atoms with Gasteiger partial charge in [-0.3, -0.25) is 4.79 Å². The second-order valence-electron chi connectivity index (χ2n) is 7.27. The first-order chi connectivity index (χ1) is 16.1. The number of rotatable bonds is 8. The quantitative estimate of drug-likeness (QED) is 0.231. The van der Waals surface area contributed by atoms with E-state index >= 15 is 0 Å². The topological polar surface area (TPSA) is 62.7 Å². The molecule has 4 rings (SSSR count). The van der Waals surface area contributed by atoms with E-state index in [2.05, 4.69) is 15.8 Å². The second kappa shape index (κ2) is 10.9. The van der Waals surface area contributed by atoms with Crippen LogP contribution in [0.2, 0.25) is 10.0 Å². The Labute approximate surface area is 202 Å². The first-order valence-electron chi connectivity index (χ1n) is 10.3. The molecule has 5 nitrogen and oxygen atoms in total. The molecule has 4 aromatic rings. The number of carbonyl (C=O) groups excluding carboxylic acids is 1. The number of hydrogen-bond acceptors (Lipinski definition) is 4. The van der Waals surface area contributed by atoms with Crippen LogP contribution in [0, 0.1) is 0 Å². The molecule has 0 atom stereocenters. The van der Waals surface area contributed by atoms with Crippen molar-refractivity contribution < 1.29 is 9.53 Å². The smallest absolute Gasteiger partial charge is 0.259 e. The Morgan fingerprint density at radius 1 is 0.939 bits per heavy atom. The molecule has 0 bridgehead atoms. The third-order valence-corrected chi connectivity index (χ3v) is 5.49. The summed E-state index contributed by atoms with van der Waals surface area (Å²) in [4.78, 5) is 12.2. The molecule has 0 saturated carbocycles. The van der Waals surface area contributed by atoms with E-state index in [4.69, 9.17) is 27.9 Å². The van der Waals surface area contributed by atoms with Gasteiger partial charge < -0.3 is 10.1 Å². The van der Waals surface area contributed by atoms with E-state index in [1.54, 1.807) is 18.3 Å². The van der Waals surface area contributed by atoms with Crippen LogP contribution < -0.4 is 15.5 Å². The van der Waals surface area contributed by atoms with Crippen LogP contribution in [-0.2, 0) is 11.4 Å². The van der Waals surface area contributed by atoms with Gasteiger partial charge in [0.15, 0.2) is 0 Å². The number of amides is 1. The van der Waals surface area contributed by atoms with Crippen molar-refractivity contribution in [3.8, 4) is 5.75 Å². The standard InChI is InChI=1S/C26H21Cl2N3O2/c27-21-12-11-20(24(28)14-21)17-33-22-8-3-5-18(13-22)15-30-31-26(32)16-29-25-10-4-7-19-6-1-2-9-23(19)25/h1-15,29H,16-17H2,(H,31,32)/b30-15-. The zero-order valence-corrected chi connectivity index (χ0v) is 19.1. The maximum Gasteiger partial charge on any atom is 0.259 e. The van der Waals surface area contributed by atoms with Crippen molar-refractivity contribution in [3.05, 3.63) is 106 Å². The molecule has 0 fully saturated rings. The summed E-state index contributed by atoms with van der Waals surface area (Å²) in [6, 6.07) is 26.6. The van der Waals surface area contributed by atoms with Crippen molar-refractivity contribution in [2.45, 2.75) is 6.61 Å². The van der Waals surface area contributed by atoms with Gasteiger partial charge in [-0.2, -0.15) is 5.10 Å². The van der Waals surface area contributed by atoms with Gasteiger partial charge in [0.05, 0.1) is 12.8 Å². The van der Waals surface area contributed by atoms with Crippen molar-refractivity contribution in [2.24, 2.45) is 5.10 Å². The minimum Gasteiger partial charge on any atom is -0.489 e. The molecule has 0 aliphatic heterocycles. The van der Waals surface area contributed by atoms with Crippen LogP contribution in [0.1, 0.15) is 11.1 Å². The molecule has 0 radical (unpaired) electrons. The number of nitrogens with zero attached hydrogens (tertiary/aromatic N) is 1. The number of hydrazone groups is 1. The van der Waals surface area contributed by atoms with Gasteiger partial charge in [0.2, 0.25) is 0 Å². The Kier molecular flexibility index (Phi) is 7.45. The summed E-state index contributed by atoms with van der Waals surface area (Å²) in [5, 5.41) is 10.5. The zero-order valence-electron chi connectivity index (χ0n) is 17.6. The predicted molar refractivity (Wildman–Crippen MR) is 135 cm³/mol. The van der Waals surface area contributed by atoms with Crippen molar-refractivity contribution >= 4 is 51.8 Å².